The number of hydrogen-bond acceptors (Lipinski definition) is 2. The molecular weight excluding hydrogens is 256 g/mol. The van der Waals surface area contributed by atoms with E-state index in [1.807, 2.05) is 13.8 Å². The molecule has 0 aliphatic heterocycles. The molecule has 0 aromatic heterocycles. The molecule has 0 aromatic rings. The molecule has 1 atom stereocenters. The number of hydrogen-bond donors (Lipinski definition) is 2. The zero-order valence-corrected chi connectivity index (χ0v) is 12.7. The van der Waals surface area contributed by atoms with Crippen LogP contribution in [0.3, 0.4) is 0 Å². The fraction of sp³-hybridized carbons (Fsp3) is 0.625. The van der Waals surface area contributed by atoms with Crippen LogP contribution in [-0.4, -0.2) is 22.2 Å². The summed E-state index contributed by atoms with van der Waals surface area (Å²) in [5, 5.41) is 19.0. The quantitative estimate of drug-likeness (QED) is 0.779. The molecule has 0 fully saturated rings. The number of aliphatic carboxylic acids is 2. The zero-order valence-electron chi connectivity index (χ0n) is 12.7. The molecule has 0 aromatic carbocycles. The Morgan fingerprint density at radius 1 is 1.35 bits per heavy atom. The highest BCUT2D eigenvalue weighted by molar-refractivity contribution is 5.92. The summed E-state index contributed by atoms with van der Waals surface area (Å²) in [4.78, 5) is 23.2. The molecule has 0 spiro atoms. The molecule has 1 aliphatic carbocycles. The van der Waals surface area contributed by atoms with E-state index in [2.05, 4.69) is 6.92 Å². The molecule has 1 rings (SSSR count). The maximum Gasteiger partial charge on any atom is 0.331 e. The summed E-state index contributed by atoms with van der Waals surface area (Å²) in [6.45, 7) is 7.52. The molecule has 112 valence electrons. The predicted octanol–water partition coefficient (Wildman–Crippen LogP) is 3.63. The van der Waals surface area contributed by atoms with Crippen LogP contribution in [0.25, 0.3) is 0 Å². The largest absolute Gasteiger partial charge is 0.481 e. The standard InChI is InChI=1S/C16H24O4/c1-5-6-7-12-8-11(4)13(14(17)18)9-16(12,10(2)3)15(19)20/h8,10H,5-7,9H2,1-4H3,(H,17,18)(H,19,20). The Hall–Kier alpha value is -1.58. The lowest BCUT2D eigenvalue weighted by molar-refractivity contribution is -0.149. The van der Waals surface area contributed by atoms with Gasteiger partial charge in [-0.3, -0.25) is 4.79 Å². The van der Waals surface area contributed by atoms with Gasteiger partial charge in [0, 0.05) is 5.57 Å². The van der Waals surface area contributed by atoms with Crippen LogP contribution in [0, 0.1) is 11.3 Å². The average Bonchev–Trinajstić information content (AvgIpc) is 2.35. The summed E-state index contributed by atoms with van der Waals surface area (Å²) in [5.41, 5.74) is 0.689. The van der Waals surface area contributed by atoms with Crippen LogP contribution in [0.5, 0.6) is 0 Å². The van der Waals surface area contributed by atoms with E-state index in [4.69, 9.17) is 0 Å². The van der Waals surface area contributed by atoms with Gasteiger partial charge in [-0.1, -0.05) is 38.8 Å². The van der Waals surface area contributed by atoms with Crippen molar-refractivity contribution in [2.24, 2.45) is 11.3 Å². The topological polar surface area (TPSA) is 74.6 Å². The van der Waals surface area contributed by atoms with E-state index in [1.54, 1.807) is 13.0 Å². The first-order valence-electron chi connectivity index (χ1n) is 7.14. The second kappa shape index (κ2) is 6.25. The number of rotatable bonds is 6. The van der Waals surface area contributed by atoms with Crippen molar-refractivity contribution < 1.29 is 19.8 Å². The van der Waals surface area contributed by atoms with E-state index >= 15 is 0 Å². The van der Waals surface area contributed by atoms with Crippen LogP contribution in [0.2, 0.25) is 0 Å². The van der Waals surface area contributed by atoms with Gasteiger partial charge in [-0.05, 0) is 37.7 Å². The van der Waals surface area contributed by atoms with Crippen molar-refractivity contribution in [3.8, 4) is 0 Å². The summed E-state index contributed by atoms with van der Waals surface area (Å²) < 4.78 is 0. The molecule has 0 saturated carbocycles. The van der Waals surface area contributed by atoms with Gasteiger partial charge in [0.15, 0.2) is 0 Å². The van der Waals surface area contributed by atoms with E-state index in [9.17, 15) is 19.8 Å². The fourth-order valence-corrected chi connectivity index (χ4v) is 2.95. The van der Waals surface area contributed by atoms with Gasteiger partial charge in [-0.25, -0.2) is 4.79 Å². The molecular formula is C16H24O4. The lowest BCUT2D eigenvalue weighted by atomic mass is 9.63. The highest BCUT2D eigenvalue weighted by Gasteiger charge is 2.48. The average molecular weight is 280 g/mol. The molecule has 0 saturated heterocycles. The van der Waals surface area contributed by atoms with Gasteiger partial charge in [0.05, 0.1) is 5.41 Å². The Balaban J connectivity index is 3.38. The van der Waals surface area contributed by atoms with Crippen molar-refractivity contribution in [2.45, 2.75) is 53.4 Å². The Morgan fingerprint density at radius 2 is 1.95 bits per heavy atom. The molecule has 0 amide bonds. The van der Waals surface area contributed by atoms with Crippen molar-refractivity contribution in [1.82, 2.24) is 0 Å². The second-order valence-corrected chi connectivity index (χ2v) is 5.85. The van der Waals surface area contributed by atoms with E-state index < -0.39 is 17.4 Å². The van der Waals surface area contributed by atoms with Gasteiger partial charge in [-0.15, -0.1) is 0 Å². The first-order chi connectivity index (χ1) is 9.27. The third-order valence-corrected chi connectivity index (χ3v) is 4.32. The molecule has 0 bridgehead atoms. The first kappa shape index (κ1) is 16.5. The van der Waals surface area contributed by atoms with Crippen molar-refractivity contribution in [3.05, 3.63) is 22.8 Å². The molecule has 4 nitrogen and oxygen atoms in total. The first-order valence-corrected chi connectivity index (χ1v) is 7.14. The van der Waals surface area contributed by atoms with E-state index in [-0.39, 0.29) is 17.9 Å². The van der Waals surface area contributed by atoms with Crippen molar-refractivity contribution in [2.75, 3.05) is 0 Å². The number of unbranched alkanes of at least 4 members (excludes halogenated alkanes) is 1. The fourth-order valence-electron chi connectivity index (χ4n) is 2.95. The minimum absolute atomic E-state index is 0.0801. The third kappa shape index (κ3) is 2.79. The van der Waals surface area contributed by atoms with Crippen LogP contribution in [0.4, 0.5) is 0 Å². The highest BCUT2D eigenvalue weighted by Crippen LogP contribution is 2.47. The monoisotopic (exact) mass is 280 g/mol. The van der Waals surface area contributed by atoms with Gasteiger partial charge in [-0.2, -0.15) is 0 Å². The molecule has 0 radical (unpaired) electrons. The van der Waals surface area contributed by atoms with E-state index in [0.29, 0.717) is 12.0 Å². The smallest absolute Gasteiger partial charge is 0.331 e. The Morgan fingerprint density at radius 3 is 2.35 bits per heavy atom. The Bertz CT molecular complexity index is 471. The van der Waals surface area contributed by atoms with Gasteiger partial charge in [0.25, 0.3) is 0 Å². The second-order valence-electron chi connectivity index (χ2n) is 5.85. The Labute approximate surface area is 120 Å². The molecule has 20 heavy (non-hydrogen) atoms. The molecule has 4 heteroatoms. The van der Waals surface area contributed by atoms with Crippen molar-refractivity contribution in [3.63, 3.8) is 0 Å². The molecule has 0 heterocycles. The minimum atomic E-state index is -1.08. The number of allylic oxidation sites excluding steroid dienone is 2. The minimum Gasteiger partial charge on any atom is -0.481 e. The van der Waals surface area contributed by atoms with Crippen LogP contribution in [0.15, 0.2) is 22.8 Å². The van der Waals surface area contributed by atoms with Crippen LogP contribution in [0.1, 0.15) is 53.4 Å². The summed E-state index contributed by atoms with van der Waals surface area (Å²) >= 11 is 0. The lowest BCUT2D eigenvalue weighted by Gasteiger charge is -2.39. The summed E-state index contributed by atoms with van der Waals surface area (Å²) in [6, 6.07) is 0. The number of carboxylic acids is 2. The zero-order chi connectivity index (χ0) is 15.5. The lowest BCUT2D eigenvalue weighted by Crippen LogP contribution is -2.41. The van der Waals surface area contributed by atoms with Crippen LogP contribution < -0.4 is 0 Å². The number of carbonyl (C=O) groups is 2. The summed E-state index contributed by atoms with van der Waals surface area (Å²) in [5.74, 6) is -2.08. The SMILES string of the molecule is CCCCC1=CC(C)=C(C(=O)O)CC1(C(=O)O)C(C)C. The third-order valence-electron chi connectivity index (χ3n) is 4.32. The van der Waals surface area contributed by atoms with Crippen molar-refractivity contribution >= 4 is 11.9 Å². The normalized spacial score (nSPS) is 22.9. The van der Waals surface area contributed by atoms with Gasteiger partial charge in [0.1, 0.15) is 0 Å². The van der Waals surface area contributed by atoms with Gasteiger partial charge < -0.3 is 10.2 Å². The van der Waals surface area contributed by atoms with E-state index in [1.165, 1.54) is 0 Å². The summed E-state index contributed by atoms with van der Waals surface area (Å²) in [7, 11) is 0. The highest BCUT2D eigenvalue weighted by atomic mass is 16.4. The van der Waals surface area contributed by atoms with Crippen LogP contribution in [-0.2, 0) is 9.59 Å². The Kier molecular flexibility index (Phi) is 5.15. The van der Waals surface area contributed by atoms with Crippen LogP contribution >= 0.6 is 0 Å². The predicted molar refractivity (Wildman–Crippen MR) is 77.5 cm³/mol. The number of carboxylic acid groups (broad SMARTS) is 2. The van der Waals surface area contributed by atoms with Gasteiger partial charge in [0.2, 0.25) is 0 Å². The summed E-state index contributed by atoms with van der Waals surface area (Å²) in [6.07, 6.45) is 4.49. The molecule has 1 unspecified atom stereocenters. The molecule has 1 aliphatic rings. The van der Waals surface area contributed by atoms with Crippen molar-refractivity contribution in [1.29, 1.82) is 0 Å². The maximum atomic E-state index is 11.9. The van der Waals surface area contributed by atoms with E-state index in [0.717, 1.165) is 18.4 Å². The maximum absolute atomic E-state index is 11.9. The molecule has 2 N–H and O–H groups in total. The van der Waals surface area contributed by atoms with Gasteiger partial charge >= 0.3 is 11.9 Å².